The van der Waals surface area contributed by atoms with Gasteiger partial charge < -0.3 is 0 Å². The van der Waals surface area contributed by atoms with Crippen molar-refractivity contribution in [3.8, 4) is 0 Å². The minimum Gasteiger partial charge on any atom is -0.141 e. The van der Waals surface area contributed by atoms with Gasteiger partial charge in [-0.15, -0.1) is 68.0 Å². The zero-order chi connectivity index (χ0) is 18.0. The molecule has 0 aliphatic rings. The third-order valence-electron chi connectivity index (χ3n) is 5.41. The van der Waals surface area contributed by atoms with Crippen LogP contribution in [0.3, 0.4) is 0 Å². The van der Waals surface area contributed by atoms with Crippen LogP contribution >= 0.6 is 68.0 Å². The van der Waals surface area contributed by atoms with Crippen LogP contribution in [0.4, 0.5) is 0 Å². The zero-order valence-electron chi connectivity index (χ0n) is 14.1. The SMILES string of the molecule is c1ccc2cc3c(cc2c1)sc1c3sc2c1sc1c3sc4ccsc4c3sc12. The van der Waals surface area contributed by atoms with E-state index in [1.54, 1.807) is 0 Å². The van der Waals surface area contributed by atoms with Crippen LogP contribution in [0.5, 0.6) is 0 Å². The Morgan fingerprint density at radius 1 is 0.464 bits per heavy atom. The molecule has 0 saturated heterocycles. The number of hydrogen-bond acceptors (Lipinski definition) is 6. The van der Waals surface area contributed by atoms with Crippen molar-refractivity contribution >= 4 is 136 Å². The molecule has 0 spiro atoms. The van der Waals surface area contributed by atoms with Gasteiger partial charge in [0.2, 0.25) is 0 Å². The molecule has 0 N–H and O–H groups in total. The van der Waals surface area contributed by atoms with Crippen molar-refractivity contribution in [1.29, 1.82) is 0 Å². The largest absolute Gasteiger partial charge is 0.141 e. The van der Waals surface area contributed by atoms with Gasteiger partial charge in [0.15, 0.2) is 0 Å². The molecule has 2 aromatic carbocycles. The normalized spacial score (nSPS) is 13.0. The third-order valence-corrected chi connectivity index (χ3v) is 13.5. The Hall–Kier alpha value is -1.54. The minimum absolute atomic E-state index is 1.34. The average Bonchev–Trinajstić information content (AvgIpc) is 3.48. The summed E-state index contributed by atoms with van der Waals surface area (Å²) in [6.07, 6.45) is 0. The Bertz CT molecular complexity index is 1870. The monoisotopic (exact) mass is 464 g/mol. The fourth-order valence-corrected chi connectivity index (χ4v) is 12.9. The van der Waals surface area contributed by atoms with Gasteiger partial charge in [0.05, 0.1) is 42.3 Å². The van der Waals surface area contributed by atoms with Gasteiger partial charge in [-0.2, -0.15) is 0 Å². The highest BCUT2D eigenvalue weighted by atomic mass is 32.1. The summed E-state index contributed by atoms with van der Waals surface area (Å²) in [6.45, 7) is 0. The van der Waals surface area contributed by atoms with Crippen molar-refractivity contribution in [2.24, 2.45) is 0 Å². The standard InChI is InChI=1S/C22H8S6/c1-2-4-10-8-13-11(7-9(10)3-1)14-16(25-13)19-21(26-14)22-20(28-19)18-17(27-22)15-12(24-18)5-6-23-15/h1-8H. The van der Waals surface area contributed by atoms with Gasteiger partial charge in [-0.25, -0.2) is 0 Å². The van der Waals surface area contributed by atoms with Gasteiger partial charge >= 0.3 is 0 Å². The summed E-state index contributed by atoms with van der Waals surface area (Å²) in [5, 5.41) is 6.34. The molecule has 0 nitrogen and oxygen atoms in total. The first-order valence-electron chi connectivity index (χ1n) is 8.84. The minimum atomic E-state index is 1.34. The summed E-state index contributed by atoms with van der Waals surface area (Å²) in [6, 6.07) is 15.8. The predicted octanol–water partition coefficient (Wildman–Crippen LogP) is 10.1. The summed E-state index contributed by atoms with van der Waals surface area (Å²) >= 11 is 11.9. The fourth-order valence-electron chi connectivity index (χ4n) is 4.15. The summed E-state index contributed by atoms with van der Waals surface area (Å²) in [7, 11) is 0. The number of hydrogen-bond donors (Lipinski definition) is 0. The van der Waals surface area contributed by atoms with Crippen LogP contribution in [-0.4, -0.2) is 0 Å². The number of fused-ring (bicyclic) bond motifs is 12. The predicted molar refractivity (Wildman–Crippen MR) is 136 cm³/mol. The van der Waals surface area contributed by atoms with Crippen LogP contribution in [0.1, 0.15) is 0 Å². The molecule has 6 heteroatoms. The molecular formula is C22H8S6. The quantitative estimate of drug-likeness (QED) is 0.209. The first-order valence-corrected chi connectivity index (χ1v) is 13.8. The van der Waals surface area contributed by atoms with Crippen molar-refractivity contribution in [2.75, 3.05) is 0 Å². The van der Waals surface area contributed by atoms with Gasteiger partial charge in [-0.3, -0.25) is 0 Å². The highest BCUT2D eigenvalue weighted by molar-refractivity contribution is 7.50. The molecule has 0 saturated carbocycles. The second-order valence-electron chi connectivity index (χ2n) is 6.95. The molecule has 0 fully saturated rings. The van der Waals surface area contributed by atoms with E-state index in [4.69, 9.17) is 0 Å². The van der Waals surface area contributed by atoms with Crippen molar-refractivity contribution in [3.63, 3.8) is 0 Å². The molecule has 6 aromatic heterocycles. The molecule has 0 unspecified atom stereocenters. The van der Waals surface area contributed by atoms with E-state index in [0.29, 0.717) is 0 Å². The lowest BCUT2D eigenvalue weighted by atomic mass is 10.1. The Balaban J connectivity index is 1.54. The summed E-state index contributed by atoms with van der Waals surface area (Å²) < 4.78 is 16.4. The van der Waals surface area contributed by atoms with Gasteiger partial charge in [-0.05, 0) is 34.4 Å². The van der Waals surface area contributed by atoms with Crippen LogP contribution in [0.15, 0.2) is 47.8 Å². The summed E-state index contributed by atoms with van der Waals surface area (Å²) in [5.74, 6) is 0. The Kier molecular flexibility index (Phi) is 2.81. The topological polar surface area (TPSA) is 0 Å². The zero-order valence-corrected chi connectivity index (χ0v) is 19.0. The van der Waals surface area contributed by atoms with Gasteiger partial charge in [0.1, 0.15) is 0 Å². The third kappa shape index (κ3) is 1.76. The first-order chi connectivity index (χ1) is 13.8. The number of thiophene rings is 6. The van der Waals surface area contributed by atoms with Crippen molar-refractivity contribution in [3.05, 3.63) is 47.8 Å². The van der Waals surface area contributed by atoms with Gasteiger partial charge in [0.25, 0.3) is 0 Å². The molecule has 6 heterocycles. The van der Waals surface area contributed by atoms with Crippen molar-refractivity contribution in [2.45, 2.75) is 0 Å². The van der Waals surface area contributed by atoms with Crippen LogP contribution < -0.4 is 0 Å². The van der Waals surface area contributed by atoms with E-state index in [2.05, 4.69) is 47.8 Å². The highest BCUT2D eigenvalue weighted by Gasteiger charge is 2.22. The van der Waals surface area contributed by atoms with Gasteiger partial charge in [0, 0.05) is 14.8 Å². The molecule has 0 atom stereocenters. The Morgan fingerprint density at radius 2 is 1.04 bits per heavy atom. The second kappa shape index (κ2) is 5.14. The molecule has 0 bridgehead atoms. The lowest BCUT2D eigenvalue weighted by molar-refractivity contribution is 1.82. The van der Waals surface area contributed by atoms with E-state index < -0.39 is 0 Å². The smallest absolute Gasteiger partial charge is 0.0651 e. The highest BCUT2D eigenvalue weighted by Crippen LogP contribution is 2.56. The van der Waals surface area contributed by atoms with E-state index in [0.717, 1.165) is 0 Å². The van der Waals surface area contributed by atoms with Gasteiger partial charge in [-0.1, -0.05) is 24.3 Å². The van der Waals surface area contributed by atoms with E-state index >= 15 is 0 Å². The number of rotatable bonds is 0. The van der Waals surface area contributed by atoms with Crippen LogP contribution in [0, 0.1) is 0 Å². The van der Waals surface area contributed by atoms with E-state index in [9.17, 15) is 0 Å². The maximum atomic E-state index is 2.39. The maximum Gasteiger partial charge on any atom is 0.0651 e. The van der Waals surface area contributed by atoms with Crippen LogP contribution in [0.2, 0.25) is 0 Å². The van der Waals surface area contributed by atoms with Crippen molar-refractivity contribution in [1.82, 2.24) is 0 Å². The summed E-state index contributed by atoms with van der Waals surface area (Å²) in [4.78, 5) is 0. The molecular weight excluding hydrogens is 457 g/mol. The number of benzene rings is 2. The molecule has 28 heavy (non-hydrogen) atoms. The van der Waals surface area contributed by atoms with Crippen LogP contribution in [0.25, 0.3) is 67.9 Å². The fraction of sp³-hybridized carbons (Fsp3) is 0. The second-order valence-corrected chi connectivity index (χ2v) is 13.0. The Morgan fingerprint density at radius 3 is 1.82 bits per heavy atom. The van der Waals surface area contributed by atoms with Crippen LogP contribution in [-0.2, 0) is 0 Å². The van der Waals surface area contributed by atoms with E-state index in [1.165, 1.54) is 67.9 Å². The van der Waals surface area contributed by atoms with E-state index in [-0.39, 0.29) is 0 Å². The van der Waals surface area contributed by atoms with E-state index in [1.807, 2.05) is 68.0 Å². The molecule has 8 rings (SSSR count). The maximum absolute atomic E-state index is 2.39. The molecule has 8 aromatic rings. The summed E-state index contributed by atoms with van der Waals surface area (Å²) in [5.41, 5.74) is 0. The Labute approximate surface area is 182 Å². The first kappa shape index (κ1) is 15.3. The molecule has 0 aliphatic heterocycles. The lowest BCUT2D eigenvalue weighted by Crippen LogP contribution is -1.70. The molecule has 0 radical (unpaired) electrons. The molecule has 0 amide bonds. The molecule has 0 aliphatic carbocycles. The lowest BCUT2D eigenvalue weighted by Gasteiger charge is -1.97. The average molecular weight is 465 g/mol. The molecule has 132 valence electrons. The van der Waals surface area contributed by atoms with Crippen molar-refractivity contribution < 1.29 is 0 Å².